The summed E-state index contributed by atoms with van der Waals surface area (Å²) in [6.07, 6.45) is 6.66. The lowest BCUT2D eigenvalue weighted by atomic mass is 10.1. The van der Waals surface area contributed by atoms with Crippen molar-refractivity contribution in [1.82, 2.24) is 25.5 Å². The van der Waals surface area contributed by atoms with Gasteiger partial charge in [0.25, 0.3) is 5.91 Å². The molecule has 0 aliphatic carbocycles. The number of nitrogens with zero attached hydrogens (tertiary/aromatic N) is 2. The molecule has 0 radical (unpaired) electrons. The number of piperidine rings is 1. The number of aromatic amines is 1. The van der Waals surface area contributed by atoms with E-state index in [2.05, 4.69) is 25.5 Å². The van der Waals surface area contributed by atoms with E-state index in [9.17, 15) is 4.79 Å². The Morgan fingerprint density at radius 1 is 1.68 bits per heavy atom. The second-order valence-electron chi connectivity index (χ2n) is 5.21. The Kier molecular flexibility index (Phi) is 5.97. The van der Waals surface area contributed by atoms with Crippen molar-refractivity contribution in [3.8, 4) is 0 Å². The van der Waals surface area contributed by atoms with Gasteiger partial charge in [-0.3, -0.25) is 9.69 Å². The van der Waals surface area contributed by atoms with Gasteiger partial charge in [0.15, 0.2) is 0 Å². The summed E-state index contributed by atoms with van der Waals surface area (Å²) in [5.74, 6) is 0.544. The van der Waals surface area contributed by atoms with Gasteiger partial charge in [-0.2, -0.15) is 0 Å². The Bertz CT molecular complexity index is 542. The van der Waals surface area contributed by atoms with E-state index in [1.54, 1.807) is 6.20 Å². The first-order chi connectivity index (χ1) is 10.6. The van der Waals surface area contributed by atoms with Crippen molar-refractivity contribution >= 4 is 23.7 Å². The summed E-state index contributed by atoms with van der Waals surface area (Å²) in [7, 11) is 1.51. The highest BCUT2D eigenvalue weighted by molar-refractivity contribution is 6.43. The Balaban J connectivity index is 1.96. The van der Waals surface area contributed by atoms with Crippen LogP contribution >= 0.6 is 11.6 Å². The number of amides is 1. The molecule has 1 atom stereocenters. The van der Waals surface area contributed by atoms with Crippen LogP contribution < -0.4 is 10.6 Å². The van der Waals surface area contributed by atoms with Crippen LogP contribution in [0.4, 0.5) is 0 Å². The normalized spacial score (nSPS) is 20.2. The number of nitrogens with one attached hydrogen (secondary N) is 4. The molecule has 22 heavy (non-hydrogen) atoms. The highest BCUT2D eigenvalue weighted by atomic mass is 35.5. The molecule has 7 nitrogen and oxygen atoms in total. The standard InChI is InChI=1S/C14H21ClN6O/c1-17-14(22)13(15)11(7-16)20-10-3-2-6-21(8-10)9-12-18-4-5-19-12/h4-5,7,10,16,20H,2-3,6,8-9H2,1H3,(H,17,22)(H,18,19)/b13-11-,16-7?. The summed E-state index contributed by atoms with van der Waals surface area (Å²) in [5.41, 5.74) is 0.353. The first-order valence-electron chi connectivity index (χ1n) is 7.23. The Labute approximate surface area is 134 Å². The van der Waals surface area contributed by atoms with Crippen molar-refractivity contribution in [3.05, 3.63) is 28.9 Å². The van der Waals surface area contributed by atoms with Crippen molar-refractivity contribution < 1.29 is 4.79 Å². The molecule has 120 valence electrons. The van der Waals surface area contributed by atoms with Crippen molar-refractivity contribution in [1.29, 1.82) is 5.41 Å². The first kappa shape index (κ1) is 16.5. The first-order valence-corrected chi connectivity index (χ1v) is 7.61. The van der Waals surface area contributed by atoms with Crippen LogP contribution in [0.2, 0.25) is 0 Å². The quantitative estimate of drug-likeness (QED) is 0.460. The summed E-state index contributed by atoms with van der Waals surface area (Å²) >= 11 is 5.99. The lowest BCUT2D eigenvalue weighted by molar-refractivity contribution is -0.116. The maximum atomic E-state index is 11.6. The molecule has 2 rings (SSSR count). The van der Waals surface area contributed by atoms with E-state index in [1.807, 2.05) is 6.20 Å². The number of hydrogen-bond acceptors (Lipinski definition) is 5. The summed E-state index contributed by atoms with van der Waals surface area (Å²) < 4.78 is 0. The number of aromatic nitrogens is 2. The molecule has 1 aliphatic rings. The number of imidazole rings is 1. The van der Waals surface area contributed by atoms with Gasteiger partial charge in [0.2, 0.25) is 0 Å². The predicted octanol–water partition coefficient (Wildman–Crippen LogP) is 0.810. The molecule has 1 saturated heterocycles. The Morgan fingerprint density at radius 2 is 2.50 bits per heavy atom. The molecule has 1 fully saturated rings. The molecule has 1 amide bonds. The second kappa shape index (κ2) is 7.95. The number of carbonyl (C=O) groups excluding carboxylic acids is 1. The smallest absolute Gasteiger partial charge is 0.264 e. The summed E-state index contributed by atoms with van der Waals surface area (Å²) in [4.78, 5) is 21.2. The third-order valence-electron chi connectivity index (χ3n) is 3.60. The SMILES string of the molecule is CNC(=O)/C(Cl)=C(\C=N)NC1CCCN(Cc2ncc[nH]2)C1. The fourth-order valence-corrected chi connectivity index (χ4v) is 2.74. The van der Waals surface area contributed by atoms with Gasteiger partial charge < -0.3 is 21.0 Å². The van der Waals surface area contributed by atoms with E-state index < -0.39 is 5.91 Å². The number of likely N-dealkylation sites (tertiary alicyclic amines) is 1. The van der Waals surface area contributed by atoms with Gasteiger partial charge >= 0.3 is 0 Å². The van der Waals surface area contributed by atoms with Gasteiger partial charge in [0.1, 0.15) is 10.9 Å². The Morgan fingerprint density at radius 3 is 3.14 bits per heavy atom. The average molecular weight is 325 g/mol. The van der Waals surface area contributed by atoms with Gasteiger partial charge in [-0.1, -0.05) is 11.6 Å². The molecule has 4 N–H and O–H groups in total. The Hall–Kier alpha value is -1.86. The lowest BCUT2D eigenvalue weighted by Gasteiger charge is -2.33. The van der Waals surface area contributed by atoms with Crippen LogP contribution in [-0.2, 0) is 11.3 Å². The highest BCUT2D eigenvalue weighted by Crippen LogP contribution is 2.15. The monoisotopic (exact) mass is 324 g/mol. The topological polar surface area (TPSA) is 96.9 Å². The summed E-state index contributed by atoms with van der Waals surface area (Å²) in [6.45, 7) is 2.58. The van der Waals surface area contributed by atoms with Crippen molar-refractivity contribution in [3.63, 3.8) is 0 Å². The predicted molar refractivity (Wildman–Crippen MR) is 85.8 cm³/mol. The molecule has 1 aliphatic heterocycles. The zero-order chi connectivity index (χ0) is 15.9. The van der Waals surface area contributed by atoms with E-state index in [0.717, 1.165) is 44.5 Å². The maximum Gasteiger partial charge on any atom is 0.264 e. The zero-order valence-corrected chi connectivity index (χ0v) is 13.3. The molecule has 8 heteroatoms. The number of rotatable bonds is 6. The third-order valence-corrected chi connectivity index (χ3v) is 3.98. The number of allylic oxidation sites excluding steroid dienone is 1. The number of carbonyl (C=O) groups is 1. The number of H-pyrrole nitrogens is 1. The number of likely N-dealkylation sites (N-methyl/N-ethyl adjacent to an activating group) is 1. The molecule has 1 aromatic rings. The third kappa shape index (κ3) is 4.32. The molecule has 1 aromatic heterocycles. The van der Waals surface area contributed by atoms with Crippen LogP contribution in [0, 0.1) is 5.41 Å². The van der Waals surface area contributed by atoms with E-state index >= 15 is 0 Å². The molecule has 0 saturated carbocycles. The van der Waals surface area contributed by atoms with Gasteiger partial charge in [-0.15, -0.1) is 0 Å². The van der Waals surface area contributed by atoms with Crippen LogP contribution in [0.25, 0.3) is 0 Å². The number of halogens is 1. The fourth-order valence-electron chi connectivity index (χ4n) is 2.53. The molecule has 0 aromatic carbocycles. The van der Waals surface area contributed by atoms with Crippen LogP contribution in [0.15, 0.2) is 23.1 Å². The van der Waals surface area contributed by atoms with E-state index in [-0.39, 0.29) is 11.1 Å². The van der Waals surface area contributed by atoms with Crippen LogP contribution in [0.1, 0.15) is 18.7 Å². The molecular weight excluding hydrogens is 304 g/mol. The van der Waals surface area contributed by atoms with Crippen LogP contribution in [-0.4, -0.2) is 53.2 Å². The fraction of sp³-hybridized carbons (Fsp3) is 0.500. The zero-order valence-electron chi connectivity index (χ0n) is 12.5. The minimum atomic E-state index is -0.393. The molecule has 2 heterocycles. The average Bonchev–Trinajstić information content (AvgIpc) is 3.04. The molecule has 0 spiro atoms. The minimum Gasteiger partial charge on any atom is -0.378 e. The van der Waals surface area contributed by atoms with Crippen LogP contribution in [0.5, 0.6) is 0 Å². The van der Waals surface area contributed by atoms with Gasteiger partial charge in [0.05, 0.1) is 12.2 Å². The maximum absolute atomic E-state index is 11.6. The summed E-state index contributed by atoms with van der Waals surface area (Å²) in [6, 6.07) is 0.152. The van der Waals surface area contributed by atoms with E-state index in [1.165, 1.54) is 7.05 Å². The van der Waals surface area contributed by atoms with Gasteiger partial charge in [-0.05, 0) is 19.4 Å². The van der Waals surface area contributed by atoms with E-state index in [0.29, 0.717) is 5.70 Å². The summed E-state index contributed by atoms with van der Waals surface area (Å²) in [5, 5.41) is 13.1. The van der Waals surface area contributed by atoms with Gasteiger partial charge in [-0.25, -0.2) is 4.98 Å². The van der Waals surface area contributed by atoms with Crippen molar-refractivity contribution in [2.24, 2.45) is 0 Å². The highest BCUT2D eigenvalue weighted by Gasteiger charge is 2.22. The molecular formula is C14H21ClN6O. The molecule has 1 unspecified atom stereocenters. The van der Waals surface area contributed by atoms with Crippen LogP contribution in [0.3, 0.4) is 0 Å². The lowest BCUT2D eigenvalue weighted by Crippen LogP contribution is -2.45. The van der Waals surface area contributed by atoms with Crippen molar-refractivity contribution in [2.75, 3.05) is 20.1 Å². The van der Waals surface area contributed by atoms with Gasteiger partial charge in [0, 0.05) is 38.2 Å². The second-order valence-corrected chi connectivity index (χ2v) is 5.58. The van der Waals surface area contributed by atoms with Crippen molar-refractivity contribution in [2.45, 2.75) is 25.4 Å². The van der Waals surface area contributed by atoms with E-state index in [4.69, 9.17) is 17.0 Å². The largest absolute Gasteiger partial charge is 0.378 e. The minimum absolute atomic E-state index is 0.0145. The molecule has 0 bridgehead atoms. The number of hydrogen-bond donors (Lipinski definition) is 4.